The topological polar surface area (TPSA) is 66.1 Å². The normalized spacial score (nSPS) is 14.8. The Labute approximate surface area is 175 Å². The highest BCUT2D eigenvalue weighted by molar-refractivity contribution is 5.79. The smallest absolute Gasteiger partial charge is 0.137 e. The van der Waals surface area contributed by atoms with E-state index >= 15 is 0 Å². The van der Waals surface area contributed by atoms with Crippen LogP contribution in [0.15, 0.2) is 67.1 Å². The Bertz CT molecular complexity index is 1100. The third-order valence-electron chi connectivity index (χ3n) is 5.49. The zero-order chi connectivity index (χ0) is 20.2. The molecule has 1 aliphatic rings. The maximum Gasteiger partial charge on any atom is 0.137 e. The number of aromatic amines is 1. The monoisotopic (exact) mass is 399 g/mol. The maximum absolute atomic E-state index is 5.42. The van der Waals surface area contributed by atoms with Gasteiger partial charge in [-0.25, -0.2) is 9.97 Å². The predicted molar refractivity (Wildman–Crippen MR) is 119 cm³/mol. The number of fused-ring (bicyclic) bond motifs is 1. The van der Waals surface area contributed by atoms with Gasteiger partial charge < -0.3 is 15.0 Å². The van der Waals surface area contributed by atoms with Crippen molar-refractivity contribution < 1.29 is 4.74 Å². The molecule has 1 aromatic carbocycles. The van der Waals surface area contributed by atoms with Gasteiger partial charge in [-0.1, -0.05) is 18.2 Å². The van der Waals surface area contributed by atoms with E-state index in [2.05, 4.69) is 61.6 Å². The standard InChI is InChI=1S/C24H25N5O/c1-2-22-20(16-27-24(22)25-9-1)14-19-5-8-23(26-15-19)28-21-6-3-18(4-7-21)17-29-10-12-30-13-11-29/h1-9,15-16H,10-14,17H2,(H,25,27)(H,26,28). The first-order chi connectivity index (χ1) is 14.8. The van der Waals surface area contributed by atoms with Crippen LogP contribution in [0.3, 0.4) is 0 Å². The van der Waals surface area contributed by atoms with E-state index in [1.54, 1.807) is 6.20 Å². The summed E-state index contributed by atoms with van der Waals surface area (Å²) in [6.07, 6.45) is 6.60. The van der Waals surface area contributed by atoms with E-state index in [1.807, 2.05) is 24.5 Å². The van der Waals surface area contributed by atoms with Crippen LogP contribution in [0.25, 0.3) is 11.0 Å². The van der Waals surface area contributed by atoms with Crippen LogP contribution in [0.2, 0.25) is 0 Å². The van der Waals surface area contributed by atoms with Crippen molar-refractivity contribution >= 4 is 22.5 Å². The average molecular weight is 399 g/mol. The molecule has 0 amide bonds. The van der Waals surface area contributed by atoms with E-state index in [0.29, 0.717) is 0 Å². The lowest BCUT2D eigenvalue weighted by Gasteiger charge is -2.26. The quantitative estimate of drug-likeness (QED) is 0.510. The summed E-state index contributed by atoms with van der Waals surface area (Å²) in [5.41, 5.74) is 5.70. The van der Waals surface area contributed by atoms with Crippen molar-refractivity contribution in [3.05, 3.63) is 83.8 Å². The van der Waals surface area contributed by atoms with E-state index < -0.39 is 0 Å². The van der Waals surface area contributed by atoms with Crippen LogP contribution in [-0.4, -0.2) is 46.2 Å². The second kappa shape index (κ2) is 8.65. The zero-order valence-electron chi connectivity index (χ0n) is 16.8. The molecule has 0 unspecified atom stereocenters. The molecule has 1 aliphatic heterocycles. The largest absolute Gasteiger partial charge is 0.379 e. The highest BCUT2D eigenvalue weighted by atomic mass is 16.5. The summed E-state index contributed by atoms with van der Waals surface area (Å²) < 4.78 is 5.42. The van der Waals surface area contributed by atoms with Gasteiger partial charge in [-0.2, -0.15) is 0 Å². The molecule has 0 spiro atoms. The summed E-state index contributed by atoms with van der Waals surface area (Å²) in [7, 11) is 0. The number of rotatable bonds is 6. The number of hydrogen-bond acceptors (Lipinski definition) is 5. The Kier molecular flexibility index (Phi) is 5.42. The molecule has 5 rings (SSSR count). The number of anilines is 2. The fraction of sp³-hybridized carbons (Fsp3) is 0.250. The number of aromatic nitrogens is 3. The number of hydrogen-bond donors (Lipinski definition) is 2. The molecule has 0 saturated carbocycles. The second-order valence-corrected chi connectivity index (χ2v) is 7.65. The molecule has 0 radical (unpaired) electrons. The van der Waals surface area contributed by atoms with Crippen molar-refractivity contribution in [2.45, 2.75) is 13.0 Å². The van der Waals surface area contributed by atoms with Crippen molar-refractivity contribution in [1.29, 1.82) is 0 Å². The number of nitrogens with zero attached hydrogens (tertiary/aromatic N) is 3. The van der Waals surface area contributed by atoms with Crippen molar-refractivity contribution in [3.8, 4) is 0 Å². The molecule has 0 aliphatic carbocycles. The molecule has 1 saturated heterocycles. The molecule has 6 heteroatoms. The van der Waals surface area contributed by atoms with E-state index in [9.17, 15) is 0 Å². The number of benzene rings is 1. The van der Waals surface area contributed by atoms with Crippen LogP contribution >= 0.6 is 0 Å². The maximum atomic E-state index is 5.42. The number of ether oxygens (including phenoxy) is 1. The molecule has 152 valence electrons. The van der Waals surface area contributed by atoms with Crippen LogP contribution in [0, 0.1) is 0 Å². The van der Waals surface area contributed by atoms with Crippen LogP contribution in [0.1, 0.15) is 16.7 Å². The molecule has 3 aromatic heterocycles. The molecule has 4 heterocycles. The van der Waals surface area contributed by atoms with Gasteiger partial charge in [-0.15, -0.1) is 0 Å². The van der Waals surface area contributed by atoms with Gasteiger partial charge in [0, 0.05) is 55.7 Å². The minimum Gasteiger partial charge on any atom is -0.379 e. The van der Waals surface area contributed by atoms with Gasteiger partial charge >= 0.3 is 0 Å². The predicted octanol–water partition coefficient (Wildman–Crippen LogP) is 4.12. The fourth-order valence-electron chi connectivity index (χ4n) is 3.84. The first-order valence-electron chi connectivity index (χ1n) is 10.4. The molecular formula is C24H25N5O. The van der Waals surface area contributed by atoms with E-state index in [4.69, 9.17) is 4.74 Å². The average Bonchev–Trinajstić information content (AvgIpc) is 3.20. The minimum absolute atomic E-state index is 0.829. The zero-order valence-corrected chi connectivity index (χ0v) is 16.8. The first-order valence-corrected chi connectivity index (χ1v) is 10.4. The third kappa shape index (κ3) is 4.35. The molecular weight excluding hydrogens is 374 g/mol. The Hall–Kier alpha value is -3.22. The Morgan fingerprint density at radius 2 is 1.80 bits per heavy atom. The first kappa shape index (κ1) is 18.8. The van der Waals surface area contributed by atoms with E-state index in [1.165, 1.54) is 16.7 Å². The molecule has 4 aromatic rings. The highest BCUT2D eigenvalue weighted by Gasteiger charge is 2.10. The molecule has 0 atom stereocenters. The molecule has 0 bridgehead atoms. The minimum atomic E-state index is 0.829. The summed E-state index contributed by atoms with van der Waals surface area (Å²) in [6, 6.07) is 16.8. The van der Waals surface area contributed by atoms with Gasteiger partial charge in [0.2, 0.25) is 0 Å². The number of morpholine rings is 1. The van der Waals surface area contributed by atoms with Crippen molar-refractivity contribution in [1.82, 2.24) is 19.9 Å². The van der Waals surface area contributed by atoms with Crippen LogP contribution in [-0.2, 0) is 17.7 Å². The van der Waals surface area contributed by atoms with Crippen LogP contribution < -0.4 is 5.32 Å². The lowest BCUT2D eigenvalue weighted by molar-refractivity contribution is 0.0342. The fourth-order valence-corrected chi connectivity index (χ4v) is 3.84. The van der Waals surface area contributed by atoms with E-state index in [-0.39, 0.29) is 0 Å². The molecule has 30 heavy (non-hydrogen) atoms. The van der Waals surface area contributed by atoms with E-state index in [0.717, 1.165) is 61.8 Å². The van der Waals surface area contributed by atoms with Crippen molar-refractivity contribution in [2.24, 2.45) is 0 Å². The SMILES string of the molecule is c1cnc2[nH]cc(Cc3ccc(Nc4ccc(CN5CCOCC5)cc4)nc3)c2c1. The van der Waals surface area contributed by atoms with Gasteiger partial charge in [0.25, 0.3) is 0 Å². The second-order valence-electron chi connectivity index (χ2n) is 7.65. The Morgan fingerprint density at radius 1 is 0.967 bits per heavy atom. The van der Waals surface area contributed by atoms with Crippen LogP contribution in [0.4, 0.5) is 11.5 Å². The number of H-pyrrole nitrogens is 1. The molecule has 2 N–H and O–H groups in total. The van der Waals surface area contributed by atoms with Gasteiger partial charge in [-0.3, -0.25) is 4.90 Å². The van der Waals surface area contributed by atoms with Gasteiger partial charge in [0.15, 0.2) is 0 Å². The van der Waals surface area contributed by atoms with Crippen molar-refractivity contribution in [2.75, 3.05) is 31.6 Å². The third-order valence-corrected chi connectivity index (χ3v) is 5.49. The summed E-state index contributed by atoms with van der Waals surface area (Å²) in [5.74, 6) is 0.847. The van der Waals surface area contributed by atoms with Gasteiger partial charge in [-0.05, 0) is 47.0 Å². The lowest BCUT2D eigenvalue weighted by atomic mass is 10.1. The molecule has 6 nitrogen and oxygen atoms in total. The summed E-state index contributed by atoms with van der Waals surface area (Å²) in [4.78, 5) is 14.6. The molecule has 1 fully saturated rings. The van der Waals surface area contributed by atoms with Gasteiger partial charge in [0.1, 0.15) is 11.5 Å². The highest BCUT2D eigenvalue weighted by Crippen LogP contribution is 2.21. The lowest BCUT2D eigenvalue weighted by Crippen LogP contribution is -2.35. The van der Waals surface area contributed by atoms with Crippen molar-refractivity contribution in [3.63, 3.8) is 0 Å². The number of nitrogens with one attached hydrogen (secondary N) is 2. The number of pyridine rings is 2. The Balaban J connectivity index is 1.20. The summed E-state index contributed by atoms with van der Waals surface area (Å²) in [6.45, 7) is 4.65. The van der Waals surface area contributed by atoms with Gasteiger partial charge in [0.05, 0.1) is 13.2 Å². The summed E-state index contributed by atoms with van der Waals surface area (Å²) in [5, 5.41) is 4.55. The van der Waals surface area contributed by atoms with Crippen LogP contribution in [0.5, 0.6) is 0 Å². The Morgan fingerprint density at radius 3 is 2.60 bits per heavy atom. The summed E-state index contributed by atoms with van der Waals surface area (Å²) >= 11 is 0.